The van der Waals surface area contributed by atoms with E-state index in [9.17, 15) is 0 Å². The summed E-state index contributed by atoms with van der Waals surface area (Å²) in [6, 6.07) is 36.9. The Kier molecular flexibility index (Phi) is 5.46. The van der Waals surface area contributed by atoms with Crippen molar-refractivity contribution in [2.24, 2.45) is 11.8 Å². The van der Waals surface area contributed by atoms with Crippen molar-refractivity contribution in [3.8, 4) is 0 Å². The molecule has 0 radical (unpaired) electrons. The zero-order valence-electron chi connectivity index (χ0n) is 22.1. The zero-order valence-corrected chi connectivity index (χ0v) is 22.1. The quantitative estimate of drug-likeness (QED) is 0.270. The summed E-state index contributed by atoms with van der Waals surface area (Å²) >= 11 is 0. The normalized spacial score (nSPS) is 27.6. The van der Waals surface area contributed by atoms with E-state index in [-0.39, 0.29) is 0 Å². The van der Waals surface area contributed by atoms with E-state index in [0.29, 0.717) is 35.8 Å². The molecule has 0 unspecified atom stereocenters. The van der Waals surface area contributed by atoms with Gasteiger partial charge in [-0.05, 0) is 76.6 Å². The summed E-state index contributed by atoms with van der Waals surface area (Å²) in [5.41, 5.74) is 11.1. The first-order valence-corrected chi connectivity index (χ1v) is 14.5. The molecule has 2 aliphatic carbocycles. The van der Waals surface area contributed by atoms with Crippen molar-refractivity contribution < 1.29 is 0 Å². The molecule has 8 rings (SSSR count). The highest BCUT2D eigenvalue weighted by Crippen LogP contribution is 2.51. The van der Waals surface area contributed by atoms with Gasteiger partial charge < -0.3 is 10.6 Å². The Morgan fingerprint density at radius 1 is 0.538 bits per heavy atom. The van der Waals surface area contributed by atoms with Crippen molar-refractivity contribution in [3.05, 3.63) is 155 Å². The molecule has 2 heterocycles. The molecule has 4 aromatic carbocycles. The number of benzene rings is 4. The Morgan fingerprint density at radius 3 is 1.46 bits per heavy atom. The highest BCUT2D eigenvalue weighted by molar-refractivity contribution is 5.63. The third-order valence-electron chi connectivity index (χ3n) is 9.58. The fraction of sp³-hybridized carbons (Fsp3) is 0.243. The van der Waals surface area contributed by atoms with Crippen LogP contribution in [0, 0.1) is 11.8 Å². The molecule has 4 aromatic rings. The molecule has 0 saturated heterocycles. The van der Waals surface area contributed by atoms with Crippen LogP contribution in [0.3, 0.4) is 0 Å². The average molecular weight is 507 g/mol. The summed E-state index contributed by atoms with van der Waals surface area (Å²) in [7, 11) is 0. The molecule has 0 fully saturated rings. The van der Waals surface area contributed by atoms with Gasteiger partial charge in [-0.2, -0.15) is 0 Å². The number of anilines is 2. The Hall–Kier alpha value is -4.04. The second kappa shape index (κ2) is 9.31. The number of allylic oxidation sites excluding steroid dienone is 4. The van der Waals surface area contributed by atoms with Gasteiger partial charge in [0.05, 0.1) is 12.1 Å². The summed E-state index contributed by atoms with van der Waals surface area (Å²) in [6.45, 7) is 0. The van der Waals surface area contributed by atoms with Gasteiger partial charge >= 0.3 is 0 Å². The Balaban J connectivity index is 1.08. The number of hydrogen-bond donors (Lipinski definition) is 2. The minimum atomic E-state index is 0.366. The SMILES string of the molecule is C1=C[C@@H]2c3cc(Cc4ccc5c(c4)[C@H]4C=CC[C@H]4[C@@H](c4ccccc4)N5)ccc3N[C@H](c3ccccc3)[C@@H]2C1. The van der Waals surface area contributed by atoms with Gasteiger partial charge in [0.1, 0.15) is 0 Å². The first kappa shape index (κ1) is 22.9. The molecule has 4 aliphatic rings. The third kappa shape index (κ3) is 3.93. The fourth-order valence-electron chi connectivity index (χ4n) is 7.72. The minimum Gasteiger partial charge on any atom is -0.378 e. The maximum atomic E-state index is 3.90. The van der Waals surface area contributed by atoms with Crippen molar-refractivity contribution >= 4 is 11.4 Å². The van der Waals surface area contributed by atoms with Crippen molar-refractivity contribution in [1.29, 1.82) is 0 Å². The van der Waals surface area contributed by atoms with Crippen LogP contribution < -0.4 is 10.6 Å². The minimum absolute atomic E-state index is 0.366. The lowest BCUT2D eigenvalue weighted by molar-refractivity contribution is 0.425. The van der Waals surface area contributed by atoms with E-state index in [1.165, 1.54) is 44.8 Å². The van der Waals surface area contributed by atoms with Gasteiger partial charge in [0.15, 0.2) is 0 Å². The Morgan fingerprint density at radius 2 is 1.00 bits per heavy atom. The van der Waals surface area contributed by atoms with Crippen molar-refractivity contribution in [2.75, 3.05) is 10.6 Å². The lowest BCUT2D eigenvalue weighted by atomic mass is 9.76. The van der Waals surface area contributed by atoms with Crippen LogP contribution in [0.25, 0.3) is 0 Å². The van der Waals surface area contributed by atoms with Crippen molar-refractivity contribution in [2.45, 2.75) is 43.2 Å². The van der Waals surface area contributed by atoms with E-state index in [1.807, 2.05) is 0 Å². The fourth-order valence-corrected chi connectivity index (χ4v) is 7.72. The highest BCUT2D eigenvalue weighted by atomic mass is 15.0. The molecular formula is C37H34N2. The molecule has 0 bridgehead atoms. The molecule has 2 heteroatoms. The highest BCUT2D eigenvalue weighted by Gasteiger charge is 2.39. The lowest BCUT2D eigenvalue weighted by Crippen LogP contribution is -2.29. The van der Waals surface area contributed by atoms with Crippen LogP contribution in [0.2, 0.25) is 0 Å². The molecular weight excluding hydrogens is 472 g/mol. The van der Waals surface area contributed by atoms with Gasteiger partial charge in [-0.25, -0.2) is 0 Å². The second-order valence-electron chi connectivity index (χ2n) is 11.8. The molecule has 2 aliphatic heterocycles. The van der Waals surface area contributed by atoms with Gasteiger partial charge in [-0.15, -0.1) is 0 Å². The van der Waals surface area contributed by atoms with E-state index in [0.717, 1.165) is 19.3 Å². The zero-order chi connectivity index (χ0) is 25.8. The summed E-state index contributed by atoms with van der Waals surface area (Å²) in [5, 5.41) is 7.81. The number of fused-ring (bicyclic) bond motifs is 6. The topological polar surface area (TPSA) is 24.1 Å². The first-order chi connectivity index (χ1) is 19.3. The van der Waals surface area contributed by atoms with Gasteiger partial charge in [-0.1, -0.05) is 109 Å². The van der Waals surface area contributed by atoms with E-state index in [1.54, 1.807) is 0 Å². The molecule has 39 heavy (non-hydrogen) atoms. The monoisotopic (exact) mass is 506 g/mol. The number of hydrogen-bond acceptors (Lipinski definition) is 2. The molecule has 0 amide bonds. The predicted molar refractivity (Wildman–Crippen MR) is 161 cm³/mol. The first-order valence-electron chi connectivity index (χ1n) is 14.5. The van der Waals surface area contributed by atoms with Crippen LogP contribution in [0.5, 0.6) is 0 Å². The molecule has 0 spiro atoms. The summed E-state index contributed by atoms with van der Waals surface area (Å²) < 4.78 is 0. The van der Waals surface area contributed by atoms with Gasteiger partial charge in [0, 0.05) is 23.2 Å². The maximum absolute atomic E-state index is 3.90. The Bertz CT molecular complexity index is 1450. The van der Waals surface area contributed by atoms with E-state index in [2.05, 4.69) is 132 Å². The smallest absolute Gasteiger partial charge is 0.0553 e. The van der Waals surface area contributed by atoms with Gasteiger partial charge in [0.2, 0.25) is 0 Å². The second-order valence-corrected chi connectivity index (χ2v) is 11.8. The van der Waals surface area contributed by atoms with Crippen molar-refractivity contribution in [3.63, 3.8) is 0 Å². The largest absolute Gasteiger partial charge is 0.378 e. The molecule has 0 saturated carbocycles. The van der Waals surface area contributed by atoms with Gasteiger partial charge in [0.25, 0.3) is 0 Å². The standard InChI is InChI=1S/C37H34N2/c1-3-9-26(10-4-1)36-30-15-7-13-28(30)32-22-24(17-19-34(32)38-36)21-25-18-20-35-33(23-25)29-14-8-16-31(29)37(39-35)27-11-5-2-6-12-27/h1-14,17-20,22-23,28-31,36-39H,15-16,21H2/t28-,29-,30+,31+,36+,37+/m0/s1. The van der Waals surface area contributed by atoms with Crippen LogP contribution in [-0.2, 0) is 6.42 Å². The predicted octanol–water partition coefficient (Wildman–Crippen LogP) is 8.93. The summed E-state index contributed by atoms with van der Waals surface area (Å²) in [4.78, 5) is 0. The number of nitrogens with one attached hydrogen (secondary N) is 2. The van der Waals surface area contributed by atoms with Crippen LogP contribution >= 0.6 is 0 Å². The Labute approximate surface area is 231 Å². The average Bonchev–Trinajstić information content (AvgIpc) is 3.69. The molecule has 6 atom stereocenters. The van der Waals surface area contributed by atoms with E-state index >= 15 is 0 Å². The lowest BCUT2D eigenvalue weighted by Gasteiger charge is -2.38. The van der Waals surface area contributed by atoms with Crippen LogP contribution in [0.1, 0.15) is 70.1 Å². The van der Waals surface area contributed by atoms with E-state index < -0.39 is 0 Å². The molecule has 192 valence electrons. The summed E-state index contributed by atoms with van der Waals surface area (Å²) in [5.74, 6) is 2.12. The summed E-state index contributed by atoms with van der Waals surface area (Å²) in [6.07, 6.45) is 12.9. The van der Waals surface area contributed by atoms with Crippen LogP contribution in [-0.4, -0.2) is 0 Å². The van der Waals surface area contributed by atoms with Crippen LogP contribution in [0.15, 0.2) is 121 Å². The number of rotatable bonds is 4. The maximum Gasteiger partial charge on any atom is 0.0553 e. The van der Waals surface area contributed by atoms with Crippen molar-refractivity contribution in [1.82, 2.24) is 0 Å². The molecule has 2 nitrogen and oxygen atoms in total. The third-order valence-corrected chi connectivity index (χ3v) is 9.58. The van der Waals surface area contributed by atoms with Gasteiger partial charge in [-0.3, -0.25) is 0 Å². The van der Waals surface area contributed by atoms with E-state index in [4.69, 9.17) is 0 Å². The molecule has 2 N–H and O–H groups in total. The molecule has 0 aromatic heterocycles. The van der Waals surface area contributed by atoms with Crippen LogP contribution in [0.4, 0.5) is 11.4 Å².